The molecule has 0 atom stereocenters. The minimum Gasteiger partial charge on any atom is -0.508 e. The predicted octanol–water partition coefficient (Wildman–Crippen LogP) is 2.20. The van der Waals surface area contributed by atoms with Crippen LogP contribution in [0.3, 0.4) is 0 Å². The first-order valence-electron chi connectivity index (χ1n) is 5.79. The van der Waals surface area contributed by atoms with Crippen LogP contribution in [0.1, 0.15) is 30.9 Å². The van der Waals surface area contributed by atoms with Gasteiger partial charge in [0, 0.05) is 11.1 Å². The first-order chi connectivity index (χ1) is 8.17. The van der Waals surface area contributed by atoms with Crippen LogP contribution in [-0.4, -0.2) is 18.2 Å². The average molecular weight is 236 g/mol. The molecular formula is C13H16O4. The Labute approximate surface area is 100 Å². The Hall–Kier alpha value is -1.71. The number of phenolic OH excluding ortho intramolecular Hbond substituents is 1. The smallest absolute Gasteiger partial charge is 0.311 e. The third kappa shape index (κ3) is 2.07. The van der Waals surface area contributed by atoms with Gasteiger partial charge < -0.3 is 14.6 Å². The lowest BCUT2D eigenvalue weighted by Crippen LogP contribution is -2.17. The van der Waals surface area contributed by atoms with Gasteiger partial charge in [0.05, 0.1) is 13.5 Å². The lowest BCUT2D eigenvalue weighted by Gasteiger charge is -2.21. The van der Waals surface area contributed by atoms with Crippen molar-refractivity contribution in [3.8, 4) is 17.2 Å². The van der Waals surface area contributed by atoms with Gasteiger partial charge in [0.15, 0.2) is 11.5 Å². The number of aromatic hydroxyl groups is 1. The first kappa shape index (κ1) is 11.8. The number of hydrogen-bond acceptors (Lipinski definition) is 4. The Morgan fingerprint density at radius 3 is 2.88 bits per heavy atom. The van der Waals surface area contributed by atoms with E-state index < -0.39 is 0 Å². The van der Waals surface area contributed by atoms with Crippen LogP contribution in [0.4, 0.5) is 0 Å². The van der Waals surface area contributed by atoms with Crippen molar-refractivity contribution < 1.29 is 19.4 Å². The van der Waals surface area contributed by atoms with Gasteiger partial charge >= 0.3 is 5.97 Å². The molecule has 4 heteroatoms. The normalized spacial score (nSPS) is 14.1. The molecule has 0 amide bonds. The Kier molecular flexibility index (Phi) is 3.22. The number of ether oxygens (including phenoxy) is 2. The van der Waals surface area contributed by atoms with Gasteiger partial charge in [-0.25, -0.2) is 0 Å². The standard InChI is InChI=1S/C13H16O4/c1-3-4-9-10(14)7-8-5-6-11(15)17-12(8)13(9)16-2/h7,14H,3-6H2,1-2H3. The fraction of sp³-hybridized carbons (Fsp3) is 0.462. The van der Waals surface area contributed by atoms with Gasteiger partial charge in [0.2, 0.25) is 0 Å². The Balaban J connectivity index is 2.55. The molecule has 0 fully saturated rings. The molecule has 0 aliphatic carbocycles. The van der Waals surface area contributed by atoms with E-state index in [1.165, 1.54) is 7.11 Å². The Bertz CT molecular complexity index is 451. The van der Waals surface area contributed by atoms with Crippen LogP contribution < -0.4 is 9.47 Å². The molecule has 2 rings (SSSR count). The highest BCUT2D eigenvalue weighted by Gasteiger charge is 2.25. The zero-order valence-corrected chi connectivity index (χ0v) is 10.1. The summed E-state index contributed by atoms with van der Waals surface area (Å²) >= 11 is 0. The highest BCUT2D eigenvalue weighted by Crippen LogP contribution is 2.43. The summed E-state index contributed by atoms with van der Waals surface area (Å²) in [6, 6.07) is 1.68. The first-order valence-corrected chi connectivity index (χ1v) is 5.79. The molecule has 92 valence electrons. The van der Waals surface area contributed by atoms with Crippen molar-refractivity contribution in [3.63, 3.8) is 0 Å². The van der Waals surface area contributed by atoms with Gasteiger partial charge in [-0.1, -0.05) is 13.3 Å². The van der Waals surface area contributed by atoms with E-state index >= 15 is 0 Å². The van der Waals surface area contributed by atoms with Gasteiger partial charge in [-0.2, -0.15) is 0 Å². The van der Waals surface area contributed by atoms with Crippen molar-refractivity contribution in [2.45, 2.75) is 32.6 Å². The van der Waals surface area contributed by atoms with Crippen molar-refractivity contribution in [1.29, 1.82) is 0 Å². The topological polar surface area (TPSA) is 55.8 Å². The lowest BCUT2D eigenvalue weighted by molar-refractivity contribution is -0.135. The fourth-order valence-corrected chi connectivity index (χ4v) is 2.12. The van der Waals surface area contributed by atoms with Gasteiger partial charge in [0.1, 0.15) is 5.75 Å². The summed E-state index contributed by atoms with van der Waals surface area (Å²) in [7, 11) is 1.52. The molecule has 0 saturated heterocycles. The van der Waals surface area contributed by atoms with E-state index in [4.69, 9.17) is 9.47 Å². The number of carbonyl (C=O) groups is 1. The maximum Gasteiger partial charge on any atom is 0.311 e. The third-order valence-electron chi connectivity index (χ3n) is 2.91. The number of methoxy groups -OCH3 is 1. The molecule has 1 aliphatic rings. The van der Waals surface area contributed by atoms with Crippen LogP contribution in [0.15, 0.2) is 6.07 Å². The molecule has 0 aromatic heterocycles. The average Bonchev–Trinajstić information content (AvgIpc) is 2.31. The molecular weight excluding hydrogens is 220 g/mol. The molecule has 4 nitrogen and oxygen atoms in total. The molecule has 1 N–H and O–H groups in total. The SMILES string of the molecule is CCCc1c(O)cc2c(c1OC)OC(=O)CC2. The summed E-state index contributed by atoms with van der Waals surface area (Å²) in [5.41, 5.74) is 1.54. The molecule has 0 saturated carbocycles. The van der Waals surface area contributed by atoms with Crippen LogP contribution >= 0.6 is 0 Å². The number of aryl methyl sites for hydroxylation is 1. The largest absolute Gasteiger partial charge is 0.508 e. The quantitative estimate of drug-likeness (QED) is 0.645. The Morgan fingerprint density at radius 2 is 2.24 bits per heavy atom. The molecule has 1 aliphatic heterocycles. The second kappa shape index (κ2) is 4.65. The molecule has 1 aromatic rings. The van der Waals surface area contributed by atoms with Crippen LogP contribution in [0.2, 0.25) is 0 Å². The number of carbonyl (C=O) groups excluding carboxylic acids is 1. The highest BCUT2D eigenvalue weighted by molar-refractivity contribution is 5.77. The monoisotopic (exact) mass is 236 g/mol. The summed E-state index contributed by atoms with van der Waals surface area (Å²) in [5, 5.41) is 9.95. The zero-order chi connectivity index (χ0) is 12.4. The third-order valence-corrected chi connectivity index (χ3v) is 2.91. The number of phenols is 1. The summed E-state index contributed by atoms with van der Waals surface area (Å²) in [6.07, 6.45) is 2.52. The van der Waals surface area contributed by atoms with Gasteiger partial charge in [-0.15, -0.1) is 0 Å². The summed E-state index contributed by atoms with van der Waals surface area (Å²) < 4.78 is 10.5. The Morgan fingerprint density at radius 1 is 1.47 bits per heavy atom. The van der Waals surface area contributed by atoms with E-state index in [1.807, 2.05) is 6.92 Å². The van der Waals surface area contributed by atoms with E-state index in [2.05, 4.69) is 0 Å². The van der Waals surface area contributed by atoms with Gasteiger partial charge in [-0.3, -0.25) is 4.79 Å². The van der Waals surface area contributed by atoms with Crippen LogP contribution in [-0.2, 0) is 17.6 Å². The van der Waals surface area contributed by atoms with E-state index in [0.717, 1.165) is 12.0 Å². The van der Waals surface area contributed by atoms with Crippen LogP contribution in [0.25, 0.3) is 0 Å². The zero-order valence-electron chi connectivity index (χ0n) is 10.1. The highest BCUT2D eigenvalue weighted by atomic mass is 16.6. The minimum atomic E-state index is -0.246. The lowest BCUT2D eigenvalue weighted by atomic mass is 9.99. The predicted molar refractivity (Wildman–Crippen MR) is 62.6 cm³/mol. The van der Waals surface area contributed by atoms with Gasteiger partial charge in [0.25, 0.3) is 0 Å². The minimum absolute atomic E-state index is 0.223. The number of rotatable bonds is 3. The van der Waals surface area contributed by atoms with Crippen molar-refractivity contribution >= 4 is 5.97 Å². The number of esters is 1. The number of benzene rings is 1. The van der Waals surface area contributed by atoms with Crippen molar-refractivity contribution in [2.24, 2.45) is 0 Å². The van der Waals surface area contributed by atoms with E-state index in [1.54, 1.807) is 6.07 Å². The molecule has 1 heterocycles. The maximum atomic E-state index is 11.3. The van der Waals surface area contributed by atoms with Crippen molar-refractivity contribution in [1.82, 2.24) is 0 Å². The van der Waals surface area contributed by atoms with E-state index in [9.17, 15) is 9.90 Å². The van der Waals surface area contributed by atoms with E-state index in [0.29, 0.717) is 36.3 Å². The van der Waals surface area contributed by atoms with Crippen LogP contribution in [0, 0.1) is 0 Å². The molecule has 0 bridgehead atoms. The summed E-state index contributed by atoms with van der Waals surface area (Å²) in [4.78, 5) is 11.3. The number of fused-ring (bicyclic) bond motifs is 1. The maximum absolute atomic E-state index is 11.3. The molecule has 0 radical (unpaired) electrons. The molecule has 0 spiro atoms. The molecule has 0 unspecified atom stereocenters. The summed E-state index contributed by atoms with van der Waals surface area (Å²) in [6.45, 7) is 2.02. The second-order valence-electron chi connectivity index (χ2n) is 4.12. The van der Waals surface area contributed by atoms with Crippen molar-refractivity contribution in [3.05, 3.63) is 17.2 Å². The van der Waals surface area contributed by atoms with Crippen LogP contribution in [0.5, 0.6) is 17.2 Å². The number of hydrogen-bond donors (Lipinski definition) is 1. The van der Waals surface area contributed by atoms with Crippen molar-refractivity contribution in [2.75, 3.05) is 7.11 Å². The fourth-order valence-electron chi connectivity index (χ4n) is 2.12. The molecule has 1 aromatic carbocycles. The second-order valence-corrected chi connectivity index (χ2v) is 4.12. The molecule has 17 heavy (non-hydrogen) atoms. The van der Waals surface area contributed by atoms with E-state index in [-0.39, 0.29) is 11.7 Å². The van der Waals surface area contributed by atoms with Gasteiger partial charge in [-0.05, 0) is 18.9 Å². The summed E-state index contributed by atoms with van der Waals surface area (Å²) in [5.74, 6) is 0.948.